The summed E-state index contributed by atoms with van der Waals surface area (Å²) < 4.78 is 5.76. The Morgan fingerprint density at radius 1 is 0.920 bits per heavy atom. The zero-order valence-electron chi connectivity index (χ0n) is 15.4. The van der Waals surface area contributed by atoms with Crippen LogP contribution in [0.25, 0.3) is 0 Å². The van der Waals surface area contributed by atoms with Gasteiger partial charge in [-0.3, -0.25) is 0 Å². The molecule has 0 atom stereocenters. The molecule has 0 aliphatic rings. The molecule has 2 amide bonds. The summed E-state index contributed by atoms with van der Waals surface area (Å²) >= 11 is 0. The van der Waals surface area contributed by atoms with Gasteiger partial charge < -0.3 is 15.4 Å². The maximum atomic E-state index is 11.8. The van der Waals surface area contributed by atoms with Gasteiger partial charge in [0.15, 0.2) is 0 Å². The van der Waals surface area contributed by atoms with Crippen molar-refractivity contribution in [3.63, 3.8) is 0 Å². The van der Waals surface area contributed by atoms with E-state index >= 15 is 0 Å². The molecule has 2 N–H and O–H groups in total. The van der Waals surface area contributed by atoms with E-state index in [4.69, 9.17) is 4.74 Å². The summed E-state index contributed by atoms with van der Waals surface area (Å²) in [5, 5.41) is 5.70. The van der Waals surface area contributed by atoms with Crippen LogP contribution in [0.2, 0.25) is 0 Å². The maximum Gasteiger partial charge on any atom is 0.314 e. The largest absolute Gasteiger partial charge is 0.491 e. The molecule has 0 heterocycles. The molecule has 4 nitrogen and oxygen atoms in total. The fourth-order valence-corrected chi connectivity index (χ4v) is 2.62. The smallest absolute Gasteiger partial charge is 0.314 e. The van der Waals surface area contributed by atoms with Crippen molar-refractivity contribution in [2.24, 2.45) is 0 Å². The maximum absolute atomic E-state index is 11.8. The Balaban J connectivity index is 1.59. The van der Waals surface area contributed by atoms with Crippen LogP contribution in [-0.4, -0.2) is 25.7 Å². The average Bonchev–Trinajstić information content (AvgIpc) is 2.60. The van der Waals surface area contributed by atoms with Crippen LogP contribution in [0, 0.1) is 20.8 Å². The molecule has 4 heteroatoms. The molecule has 2 aromatic carbocycles. The van der Waals surface area contributed by atoms with E-state index in [1.54, 1.807) is 0 Å². The predicted molar refractivity (Wildman–Crippen MR) is 102 cm³/mol. The Kier molecular flexibility index (Phi) is 7.33. The summed E-state index contributed by atoms with van der Waals surface area (Å²) in [5.74, 6) is 0.883. The van der Waals surface area contributed by atoms with Crippen LogP contribution in [0.4, 0.5) is 4.79 Å². The molecule has 0 fully saturated rings. The lowest BCUT2D eigenvalue weighted by Gasteiger charge is -2.12. The summed E-state index contributed by atoms with van der Waals surface area (Å²) in [7, 11) is 0. The van der Waals surface area contributed by atoms with Crippen LogP contribution in [0.15, 0.2) is 42.5 Å². The highest BCUT2D eigenvalue weighted by molar-refractivity contribution is 5.73. The lowest BCUT2D eigenvalue weighted by atomic mass is 10.1. The highest BCUT2D eigenvalue weighted by Crippen LogP contribution is 2.22. The van der Waals surface area contributed by atoms with Gasteiger partial charge in [0, 0.05) is 6.54 Å². The van der Waals surface area contributed by atoms with E-state index in [1.807, 2.05) is 31.2 Å². The average molecular weight is 340 g/mol. The number of amides is 2. The second-order valence-electron chi connectivity index (χ2n) is 6.32. The number of aryl methyl sites for hydroxylation is 4. The minimum Gasteiger partial charge on any atom is -0.491 e. The molecule has 0 spiro atoms. The van der Waals surface area contributed by atoms with E-state index < -0.39 is 0 Å². The van der Waals surface area contributed by atoms with Gasteiger partial charge in [-0.2, -0.15) is 0 Å². The third-order valence-corrected chi connectivity index (χ3v) is 4.21. The topological polar surface area (TPSA) is 50.4 Å². The van der Waals surface area contributed by atoms with E-state index in [9.17, 15) is 4.79 Å². The molecule has 134 valence electrons. The first-order valence-corrected chi connectivity index (χ1v) is 8.82. The standard InChI is InChI=1S/C21H28N2O2/c1-16-14-18(3)20(15-17(16)2)25-13-12-23-21(24)22-11-7-10-19-8-5-4-6-9-19/h4-6,8-9,14-15H,7,10-13H2,1-3H3,(H2,22,23,24). The van der Waals surface area contributed by atoms with Crippen LogP contribution in [0.1, 0.15) is 28.7 Å². The minimum atomic E-state index is -0.145. The second-order valence-corrected chi connectivity index (χ2v) is 6.32. The highest BCUT2D eigenvalue weighted by atomic mass is 16.5. The van der Waals surface area contributed by atoms with Crippen LogP contribution in [0.5, 0.6) is 5.75 Å². The van der Waals surface area contributed by atoms with Crippen molar-refractivity contribution in [3.05, 3.63) is 64.7 Å². The van der Waals surface area contributed by atoms with Crippen molar-refractivity contribution in [2.45, 2.75) is 33.6 Å². The molecule has 2 rings (SSSR count). The normalized spacial score (nSPS) is 10.4. The van der Waals surface area contributed by atoms with Gasteiger partial charge in [0.2, 0.25) is 0 Å². The SMILES string of the molecule is Cc1cc(C)c(OCCNC(=O)NCCCc2ccccc2)cc1C. The van der Waals surface area contributed by atoms with Gasteiger partial charge in [-0.25, -0.2) is 4.79 Å². The Labute approximate surface area is 150 Å². The van der Waals surface area contributed by atoms with Gasteiger partial charge in [0.1, 0.15) is 12.4 Å². The molecule has 0 saturated heterocycles. The predicted octanol–water partition coefficient (Wildman–Crippen LogP) is 3.92. The van der Waals surface area contributed by atoms with Gasteiger partial charge in [-0.05, 0) is 61.9 Å². The zero-order valence-corrected chi connectivity index (χ0v) is 15.4. The molecular weight excluding hydrogens is 312 g/mol. The number of ether oxygens (including phenoxy) is 1. The number of carbonyl (C=O) groups is 1. The molecule has 0 saturated carbocycles. The van der Waals surface area contributed by atoms with Crippen molar-refractivity contribution in [3.8, 4) is 5.75 Å². The number of hydrogen-bond acceptors (Lipinski definition) is 2. The van der Waals surface area contributed by atoms with Gasteiger partial charge in [-0.1, -0.05) is 36.4 Å². The number of hydrogen-bond donors (Lipinski definition) is 2. The highest BCUT2D eigenvalue weighted by Gasteiger charge is 2.04. The first-order chi connectivity index (χ1) is 12.1. The van der Waals surface area contributed by atoms with Crippen molar-refractivity contribution < 1.29 is 9.53 Å². The lowest BCUT2D eigenvalue weighted by Crippen LogP contribution is -2.38. The summed E-state index contributed by atoms with van der Waals surface area (Å²) in [4.78, 5) is 11.8. The molecule has 0 aromatic heterocycles. The third kappa shape index (κ3) is 6.49. The summed E-state index contributed by atoms with van der Waals surface area (Å²) in [6.07, 6.45) is 1.89. The molecule has 0 radical (unpaired) electrons. The van der Waals surface area contributed by atoms with E-state index in [1.165, 1.54) is 16.7 Å². The van der Waals surface area contributed by atoms with Gasteiger partial charge >= 0.3 is 6.03 Å². The Hall–Kier alpha value is -2.49. The number of benzene rings is 2. The molecule has 0 aliphatic carbocycles. The first kappa shape index (κ1) is 18.8. The summed E-state index contributed by atoms with van der Waals surface area (Å²) in [6, 6.07) is 14.3. The molecular formula is C21H28N2O2. The molecule has 2 aromatic rings. The number of urea groups is 1. The lowest BCUT2D eigenvalue weighted by molar-refractivity contribution is 0.236. The molecule has 0 bridgehead atoms. The Bertz CT molecular complexity index is 684. The zero-order chi connectivity index (χ0) is 18.1. The van der Waals surface area contributed by atoms with Crippen molar-refractivity contribution in [2.75, 3.05) is 19.7 Å². The quantitative estimate of drug-likeness (QED) is 0.716. The van der Waals surface area contributed by atoms with Crippen molar-refractivity contribution in [1.29, 1.82) is 0 Å². The fraction of sp³-hybridized carbons (Fsp3) is 0.381. The Morgan fingerprint density at radius 2 is 1.60 bits per heavy atom. The van der Waals surface area contributed by atoms with Crippen LogP contribution < -0.4 is 15.4 Å². The second kappa shape index (κ2) is 9.72. The summed E-state index contributed by atoms with van der Waals surface area (Å²) in [6.45, 7) is 7.81. The van der Waals surface area contributed by atoms with E-state index in [0.717, 1.165) is 24.2 Å². The van der Waals surface area contributed by atoms with Crippen molar-refractivity contribution >= 4 is 6.03 Å². The van der Waals surface area contributed by atoms with Crippen LogP contribution >= 0.6 is 0 Å². The Morgan fingerprint density at radius 3 is 2.36 bits per heavy atom. The molecule has 0 aliphatic heterocycles. The minimum absolute atomic E-state index is 0.145. The summed E-state index contributed by atoms with van der Waals surface area (Å²) in [5.41, 5.74) is 4.89. The third-order valence-electron chi connectivity index (χ3n) is 4.21. The number of carbonyl (C=O) groups excluding carboxylic acids is 1. The van der Waals surface area contributed by atoms with Gasteiger partial charge in [0.05, 0.1) is 6.54 Å². The molecule has 25 heavy (non-hydrogen) atoms. The van der Waals surface area contributed by atoms with Gasteiger partial charge in [0.25, 0.3) is 0 Å². The van der Waals surface area contributed by atoms with Crippen molar-refractivity contribution in [1.82, 2.24) is 10.6 Å². The van der Waals surface area contributed by atoms with Gasteiger partial charge in [-0.15, -0.1) is 0 Å². The van der Waals surface area contributed by atoms with E-state index in [-0.39, 0.29) is 6.03 Å². The monoisotopic (exact) mass is 340 g/mol. The molecule has 0 unspecified atom stereocenters. The van der Waals surface area contributed by atoms with E-state index in [0.29, 0.717) is 19.7 Å². The fourth-order valence-electron chi connectivity index (χ4n) is 2.62. The first-order valence-electron chi connectivity index (χ1n) is 8.82. The number of rotatable bonds is 8. The van der Waals surface area contributed by atoms with Crippen LogP contribution in [-0.2, 0) is 6.42 Å². The van der Waals surface area contributed by atoms with Crippen LogP contribution in [0.3, 0.4) is 0 Å². The van der Waals surface area contributed by atoms with E-state index in [2.05, 4.69) is 42.7 Å². The number of nitrogens with one attached hydrogen (secondary N) is 2.